The van der Waals surface area contributed by atoms with Gasteiger partial charge in [-0.25, -0.2) is 18.7 Å². The van der Waals surface area contributed by atoms with Crippen molar-refractivity contribution < 1.29 is 18.3 Å². The number of aromatic nitrogens is 3. The highest BCUT2D eigenvalue weighted by atomic mass is 35.5. The van der Waals surface area contributed by atoms with Gasteiger partial charge in [-0.15, -0.1) is 0 Å². The Morgan fingerprint density at radius 1 is 1.09 bits per heavy atom. The molecule has 0 aliphatic carbocycles. The quantitative estimate of drug-likeness (QED) is 0.462. The van der Waals surface area contributed by atoms with Crippen LogP contribution < -0.4 is 4.74 Å². The number of benzene rings is 1. The molecule has 2 aromatic heterocycles. The summed E-state index contributed by atoms with van der Waals surface area (Å²) in [5.74, 6) is 0.446. The Balaban J connectivity index is 1.15. The van der Waals surface area contributed by atoms with Crippen LogP contribution in [0.3, 0.4) is 0 Å². The number of nitrogens with zero attached hydrogens (tertiary/aromatic N) is 4. The number of piperidine rings is 1. The van der Waals surface area contributed by atoms with Crippen molar-refractivity contribution in [2.24, 2.45) is 0 Å². The number of likely N-dealkylation sites (tertiary alicyclic amines) is 1. The minimum atomic E-state index is -0.487. The lowest BCUT2D eigenvalue weighted by atomic mass is 10.1. The van der Waals surface area contributed by atoms with Crippen LogP contribution in [0.15, 0.2) is 42.7 Å². The Kier molecular flexibility index (Phi) is 7.08. The Bertz CT molecular complexity index is 1130. The molecule has 0 radical (unpaired) electrons. The van der Waals surface area contributed by atoms with Gasteiger partial charge >= 0.3 is 0 Å². The molecule has 2 saturated heterocycles. The molecule has 0 amide bonds. The predicted molar refractivity (Wildman–Crippen MR) is 124 cm³/mol. The van der Waals surface area contributed by atoms with Crippen molar-refractivity contribution in [1.82, 2.24) is 19.4 Å². The zero-order valence-corrected chi connectivity index (χ0v) is 19.6. The SMILES string of the molecule is Fc1cc(Cl)ccc1Cc1nc(OC2CCN(Cc3nccn3C[C@@H]3CCO3)CC2)ccc1F. The van der Waals surface area contributed by atoms with Crippen LogP contribution in [0.5, 0.6) is 5.88 Å². The van der Waals surface area contributed by atoms with Gasteiger partial charge in [-0.2, -0.15) is 0 Å². The molecule has 1 aromatic carbocycles. The van der Waals surface area contributed by atoms with Gasteiger partial charge in [0.1, 0.15) is 23.6 Å². The Hall–Kier alpha value is -2.55. The van der Waals surface area contributed by atoms with E-state index >= 15 is 0 Å². The molecule has 34 heavy (non-hydrogen) atoms. The second-order valence-corrected chi connectivity index (χ2v) is 9.30. The third kappa shape index (κ3) is 5.56. The summed E-state index contributed by atoms with van der Waals surface area (Å²) in [6.45, 7) is 4.25. The van der Waals surface area contributed by atoms with Crippen LogP contribution in [0, 0.1) is 11.6 Å². The highest BCUT2D eigenvalue weighted by Crippen LogP contribution is 2.23. The van der Waals surface area contributed by atoms with Gasteiger partial charge in [0.25, 0.3) is 0 Å². The lowest BCUT2D eigenvalue weighted by Gasteiger charge is -2.32. The highest BCUT2D eigenvalue weighted by molar-refractivity contribution is 6.30. The molecule has 3 aromatic rings. The molecule has 9 heteroatoms. The average molecular weight is 489 g/mol. The van der Waals surface area contributed by atoms with E-state index in [-0.39, 0.29) is 18.2 Å². The van der Waals surface area contributed by atoms with Crippen LogP contribution in [0.2, 0.25) is 5.02 Å². The van der Waals surface area contributed by atoms with E-state index in [0.717, 1.165) is 57.9 Å². The monoisotopic (exact) mass is 488 g/mol. The molecule has 6 nitrogen and oxygen atoms in total. The summed E-state index contributed by atoms with van der Waals surface area (Å²) in [5, 5.41) is 0.300. The number of halogens is 3. The summed E-state index contributed by atoms with van der Waals surface area (Å²) >= 11 is 5.81. The molecule has 2 aliphatic heterocycles. The minimum absolute atomic E-state index is 0.00236. The maximum atomic E-state index is 14.3. The van der Waals surface area contributed by atoms with E-state index in [1.165, 1.54) is 18.2 Å². The average Bonchev–Trinajstić information content (AvgIpc) is 3.23. The first-order valence-electron chi connectivity index (χ1n) is 11.6. The summed E-state index contributed by atoms with van der Waals surface area (Å²) in [6.07, 6.45) is 6.98. The predicted octanol–water partition coefficient (Wildman–Crippen LogP) is 4.63. The van der Waals surface area contributed by atoms with Crippen molar-refractivity contribution in [1.29, 1.82) is 0 Å². The van der Waals surface area contributed by atoms with E-state index in [4.69, 9.17) is 21.1 Å². The van der Waals surface area contributed by atoms with Crippen LogP contribution >= 0.6 is 11.6 Å². The van der Waals surface area contributed by atoms with Crippen LogP contribution in [0.25, 0.3) is 0 Å². The van der Waals surface area contributed by atoms with E-state index in [1.54, 1.807) is 12.1 Å². The van der Waals surface area contributed by atoms with Crippen molar-refractivity contribution in [3.8, 4) is 5.88 Å². The topological polar surface area (TPSA) is 52.4 Å². The van der Waals surface area contributed by atoms with Crippen LogP contribution in [0.1, 0.15) is 36.3 Å². The van der Waals surface area contributed by atoms with E-state index in [9.17, 15) is 8.78 Å². The molecule has 180 valence electrons. The molecule has 1 atom stereocenters. The minimum Gasteiger partial charge on any atom is -0.474 e. The van der Waals surface area contributed by atoms with Crippen molar-refractivity contribution in [2.75, 3.05) is 19.7 Å². The van der Waals surface area contributed by atoms with Gasteiger partial charge in [0.05, 0.1) is 24.9 Å². The van der Waals surface area contributed by atoms with Crippen molar-refractivity contribution >= 4 is 11.6 Å². The van der Waals surface area contributed by atoms with Gasteiger partial charge in [0, 0.05) is 49.6 Å². The largest absolute Gasteiger partial charge is 0.474 e. The van der Waals surface area contributed by atoms with Crippen LogP contribution in [-0.2, 0) is 24.2 Å². The fourth-order valence-corrected chi connectivity index (χ4v) is 4.52. The third-order valence-electron chi connectivity index (χ3n) is 6.45. The van der Waals surface area contributed by atoms with E-state index in [2.05, 4.69) is 19.4 Å². The van der Waals surface area contributed by atoms with Gasteiger partial charge in [0.15, 0.2) is 0 Å². The number of hydrogen-bond donors (Lipinski definition) is 0. The molecule has 0 N–H and O–H groups in total. The summed E-state index contributed by atoms with van der Waals surface area (Å²) in [4.78, 5) is 11.2. The van der Waals surface area contributed by atoms with Crippen LogP contribution in [0.4, 0.5) is 8.78 Å². The summed E-state index contributed by atoms with van der Waals surface area (Å²) in [5.41, 5.74) is 0.488. The van der Waals surface area contributed by atoms with Gasteiger partial charge in [-0.3, -0.25) is 4.90 Å². The normalized spacial score (nSPS) is 19.2. The van der Waals surface area contributed by atoms with Crippen molar-refractivity contribution in [3.63, 3.8) is 0 Å². The molecule has 0 saturated carbocycles. The van der Waals surface area contributed by atoms with E-state index in [1.807, 2.05) is 12.4 Å². The molecule has 2 aliphatic rings. The molecular weight excluding hydrogens is 462 g/mol. The van der Waals surface area contributed by atoms with Gasteiger partial charge < -0.3 is 14.0 Å². The molecule has 0 spiro atoms. The van der Waals surface area contributed by atoms with Crippen molar-refractivity contribution in [2.45, 2.75) is 51.0 Å². The molecule has 0 bridgehead atoms. The molecule has 0 unspecified atom stereocenters. The number of imidazole rings is 1. The molecule has 5 rings (SSSR count). The number of hydrogen-bond acceptors (Lipinski definition) is 5. The standard InChI is InChI=1S/C25H27ClF2N4O2/c26-18-2-1-17(22(28)14-18)13-23-21(27)3-4-25(30-23)34-19-5-9-31(10-6-19)16-24-29-8-11-32(24)15-20-7-12-33-20/h1-4,8,11,14,19-20H,5-7,9-10,12-13,15-16H2/t20-/m0/s1. The molecular formula is C25H27ClF2N4O2. The smallest absolute Gasteiger partial charge is 0.213 e. The third-order valence-corrected chi connectivity index (χ3v) is 6.68. The zero-order valence-electron chi connectivity index (χ0n) is 18.8. The van der Waals surface area contributed by atoms with Gasteiger partial charge in [-0.1, -0.05) is 17.7 Å². The summed E-state index contributed by atoms with van der Waals surface area (Å²) in [6, 6.07) is 7.21. The second-order valence-electron chi connectivity index (χ2n) is 8.86. The lowest BCUT2D eigenvalue weighted by Crippen LogP contribution is -2.39. The maximum Gasteiger partial charge on any atom is 0.213 e. The number of rotatable bonds is 8. The lowest BCUT2D eigenvalue weighted by molar-refractivity contribution is -0.0598. The van der Waals surface area contributed by atoms with E-state index in [0.29, 0.717) is 22.6 Å². The fraction of sp³-hybridized carbons (Fsp3) is 0.440. The molecule has 2 fully saturated rings. The van der Waals surface area contributed by atoms with Crippen LogP contribution in [-0.4, -0.2) is 51.3 Å². The van der Waals surface area contributed by atoms with E-state index < -0.39 is 11.6 Å². The summed E-state index contributed by atoms with van der Waals surface area (Å²) in [7, 11) is 0. The number of pyridine rings is 1. The second kappa shape index (κ2) is 10.4. The summed E-state index contributed by atoms with van der Waals surface area (Å²) < 4.78 is 42.3. The zero-order chi connectivity index (χ0) is 23.5. The Labute approximate surface area is 202 Å². The van der Waals surface area contributed by atoms with Crippen molar-refractivity contribution in [3.05, 3.63) is 76.5 Å². The van der Waals surface area contributed by atoms with Gasteiger partial charge in [0.2, 0.25) is 5.88 Å². The van der Waals surface area contributed by atoms with Gasteiger partial charge in [-0.05, 0) is 43.0 Å². The maximum absolute atomic E-state index is 14.3. The highest BCUT2D eigenvalue weighted by Gasteiger charge is 2.24. The first-order valence-corrected chi connectivity index (χ1v) is 12.0. The first-order chi connectivity index (χ1) is 16.5. The number of ether oxygens (including phenoxy) is 2. The fourth-order valence-electron chi connectivity index (χ4n) is 4.36. The Morgan fingerprint density at radius 2 is 1.91 bits per heavy atom. The Morgan fingerprint density at radius 3 is 2.65 bits per heavy atom. The molecule has 4 heterocycles. The first kappa shape index (κ1) is 23.2.